The van der Waals surface area contributed by atoms with E-state index in [9.17, 15) is 9.59 Å². The summed E-state index contributed by atoms with van der Waals surface area (Å²) in [6.45, 7) is 2.06. The number of amides is 2. The van der Waals surface area contributed by atoms with E-state index in [0.29, 0.717) is 35.5 Å². The van der Waals surface area contributed by atoms with Crippen LogP contribution in [0.15, 0.2) is 18.2 Å². The molecule has 1 atom stereocenters. The first-order valence-electron chi connectivity index (χ1n) is 7.73. The molecule has 132 valence electrons. The van der Waals surface area contributed by atoms with Crippen LogP contribution in [0.25, 0.3) is 0 Å². The standard InChI is InChI=1S/C16H19N5O4/c1-9-17-16-19-15(23)10(8-21(16)20-9)4-14(22)18-11-5-12(24-2)7-13(6-11)25-3/h5-7,10H,4,8H2,1-3H3,(H,18,22)(H,17,19,20,23)/t10-/m1/s1. The molecule has 1 aliphatic heterocycles. The number of aryl methyl sites for hydroxylation is 1. The summed E-state index contributed by atoms with van der Waals surface area (Å²) in [6, 6.07) is 5.07. The molecule has 1 aromatic carbocycles. The second kappa shape index (κ2) is 6.80. The predicted octanol–water partition coefficient (Wildman–Crippen LogP) is 1.20. The van der Waals surface area contributed by atoms with Crippen molar-refractivity contribution < 1.29 is 19.1 Å². The zero-order chi connectivity index (χ0) is 18.0. The number of hydrogen-bond donors (Lipinski definition) is 2. The van der Waals surface area contributed by atoms with Gasteiger partial charge in [0, 0.05) is 30.3 Å². The first-order valence-corrected chi connectivity index (χ1v) is 7.73. The van der Waals surface area contributed by atoms with Crippen LogP contribution in [0.3, 0.4) is 0 Å². The molecule has 9 heteroatoms. The monoisotopic (exact) mass is 345 g/mol. The van der Waals surface area contributed by atoms with Crippen molar-refractivity contribution in [2.45, 2.75) is 19.9 Å². The molecule has 0 saturated carbocycles. The minimum Gasteiger partial charge on any atom is -0.497 e. The van der Waals surface area contributed by atoms with Crippen molar-refractivity contribution in [2.24, 2.45) is 5.92 Å². The SMILES string of the molecule is COc1cc(NC(=O)C[C@@H]2Cn3nc(C)nc3NC2=O)cc(OC)c1. The molecule has 0 saturated heterocycles. The van der Waals surface area contributed by atoms with Gasteiger partial charge in [-0.3, -0.25) is 14.9 Å². The highest BCUT2D eigenvalue weighted by molar-refractivity contribution is 5.98. The molecule has 1 aromatic heterocycles. The minimum atomic E-state index is -0.513. The summed E-state index contributed by atoms with van der Waals surface area (Å²) in [6.07, 6.45) is 0.0315. The summed E-state index contributed by atoms with van der Waals surface area (Å²) in [5, 5.41) is 9.63. The highest BCUT2D eigenvalue weighted by atomic mass is 16.5. The average molecular weight is 345 g/mol. The van der Waals surface area contributed by atoms with Crippen LogP contribution < -0.4 is 20.1 Å². The van der Waals surface area contributed by atoms with Crippen LogP contribution in [0.2, 0.25) is 0 Å². The summed E-state index contributed by atoms with van der Waals surface area (Å²) < 4.78 is 11.9. The number of nitrogens with one attached hydrogen (secondary N) is 2. The van der Waals surface area contributed by atoms with Crippen LogP contribution in [0.5, 0.6) is 11.5 Å². The maximum Gasteiger partial charge on any atom is 0.232 e. The molecule has 9 nitrogen and oxygen atoms in total. The number of fused-ring (bicyclic) bond motifs is 1. The van der Waals surface area contributed by atoms with Crippen molar-refractivity contribution in [2.75, 3.05) is 24.9 Å². The van der Waals surface area contributed by atoms with Gasteiger partial charge in [0.05, 0.1) is 26.7 Å². The third kappa shape index (κ3) is 3.70. The van der Waals surface area contributed by atoms with Crippen molar-refractivity contribution in [3.8, 4) is 11.5 Å². The lowest BCUT2D eigenvalue weighted by atomic mass is 10.0. The molecular weight excluding hydrogens is 326 g/mol. The summed E-state index contributed by atoms with van der Waals surface area (Å²) in [5.74, 6) is 1.08. The van der Waals surface area contributed by atoms with Crippen molar-refractivity contribution in [1.29, 1.82) is 0 Å². The lowest BCUT2D eigenvalue weighted by molar-refractivity contribution is -0.125. The fourth-order valence-corrected chi connectivity index (χ4v) is 2.65. The molecule has 25 heavy (non-hydrogen) atoms. The topological polar surface area (TPSA) is 107 Å². The molecule has 0 fully saturated rings. The first kappa shape index (κ1) is 16.7. The lowest BCUT2D eigenvalue weighted by Gasteiger charge is -2.21. The van der Waals surface area contributed by atoms with Gasteiger partial charge in [0.15, 0.2) is 0 Å². The highest BCUT2D eigenvalue weighted by Crippen LogP contribution is 2.26. The molecule has 0 aliphatic carbocycles. The smallest absolute Gasteiger partial charge is 0.232 e. The minimum absolute atomic E-state index is 0.0315. The molecule has 0 spiro atoms. The highest BCUT2D eigenvalue weighted by Gasteiger charge is 2.30. The molecule has 2 heterocycles. The van der Waals surface area contributed by atoms with E-state index in [1.54, 1.807) is 29.8 Å². The number of benzene rings is 1. The van der Waals surface area contributed by atoms with Crippen molar-refractivity contribution in [3.05, 3.63) is 24.0 Å². The molecular formula is C16H19N5O4. The van der Waals surface area contributed by atoms with Crippen LogP contribution in [-0.2, 0) is 16.1 Å². The Kier molecular flexibility index (Phi) is 4.55. The molecule has 2 N–H and O–H groups in total. The quantitative estimate of drug-likeness (QED) is 0.843. The van der Waals surface area contributed by atoms with Crippen molar-refractivity contribution in [3.63, 3.8) is 0 Å². The van der Waals surface area contributed by atoms with Crippen molar-refractivity contribution >= 4 is 23.5 Å². The Morgan fingerprint density at radius 1 is 1.32 bits per heavy atom. The van der Waals surface area contributed by atoms with Crippen LogP contribution in [0.1, 0.15) is 12.2 Å². The van der Waals surface area contributed by atoms with Crippen LogP contribution in [-0.4, -0.2) is 40.8 Å². The Morgan fingerprint density at radius 2 is 2.00 bits per heavy atom. The van der Waals surface area contributed by atoms with Crippen LogP contribution in [0, 0.1) is 12.8 Å². The van der Waals surface area contributed by atoms with Gasteiger partial charge in [-0.05, 0) is 6.92 Å². The van der Waals surface area contributed by atoms with Gasteiger partial charge < -0.3 is 14.8 Å². The van der Waals surface area contributed by atoms with Gasteiger partial charge in [0.1, 0.15) is 17.3 Å². The van der Waals surface area contributed by atoms with Gasteiger partial charge in [-0.25, -0.2) is 4.68 Å². The number of carbonyl (C=O) groups is 2. The molecule has 2 aromatic rings. The molecule has 0 radical (unpaired) electrons. The first-order chi connectivity index (χ1) is 12.0. The number of ether oxygens (including phenoxy) is 2. The Morgan fingerprint density at radius 3 is 2.64 bits per heavy atom. The number of rotatable bonds is 5. The van der Waals surface area contributed by atoms with Gasteiger partial charge in [-0.15, -0.1) is 0 Å². The van der Waals surface area contributed by atoms with Gasteiger partial charge in [0.25, 0.3) is 0 Å². The molecule has 2 amide bonds. The number of anilines is 2. The van der Waals surface area contributed by atoms with E-state index in [1.165, 1.54) is 14.2 Å². The molecule has 0 unspecified atom stereocenters. The maximum absolute atomic E-state index is 12.3. The summed E-state index contributed by atoms with van der Waals surface area (Å²) in [5.41, 5.74) is 0.537. The van der Waals surface area contributed by atoms with E-state index in [4.69, 9.17) is 9.47 Å². The summed E-state index contributed by atoms with van der Waals surface area (Å²) in [7, 11) is 3.06. The molecule has 3 rings (SSSR count). The number of methoxy groups -OCH3 is 2. The maximum atomic E-state index is 12.3. The van der Waals surface area contributed by atoms with E-state index in [1.807, 2.05) is 0 Å². The number of carbonyl (C=O) groups excluding carboxylic acids is 2. The summed E-state index contributed by atoms with van der Waals surface area (Å²) in [4.78, 5) is 28.6. The third-order valence-corrected chi connectivity index (χ3v) is 3.84. The van der Waals surface area contributed by atoms with Gasteiger partial charge in [-0.2, -0.15) is 10.1 Å². The van der Waals surface area contributed by atoms with E-state index in [0.717, 1.165) is 0 Å². The zero-order valence-electron chi connectivity index (χ0n) is 14.2. The van der Waals surface area contributed by atoms with E-state index >= 15 is 0 Å². The van der Waals surface area contributed by atoms with Gasteiger partial charge in [-0.1, -0.05) is 0 Å². The zero-order valence-corrected chi connectivity index (χ0v) is 14.2. The fourth-order valence-electron chi connectivity index (χ4n) is 2.65. The largest absolute Gasteiger partial charge is 0.497 e. The second-order valence-corrected chi connectivity index (χ2v) is 5.70. The Bertz CT molecular complexity index is 795. The van der Waals surface area contributed by atoms with Gasteiger partial charge >= 0.3 is 0 Å². The number of hydrogen-bond acceptors (Lipinski definition) is 6. The Hall–Kier alpha value is -3.10. The number of aromatic nitrogens is 3. The Balaban J connectivity index is 1.68. The van der Waals surface area contributed by atoms with Crippen LogP contribution >= 0.6 is 0 Å². The van der Waals surface area contributed by atoms with Crippen LogP contribution in [0.4, 0.5) is 11.6 Å². The van der Waals surface area contributed by atoms with E-state index in [-0.39, 0.29) is 18.2 Å². The molecule has 0 bridgehead atoms. The lowest BCUT2D eigenvalue weighted by Crippen LogP contribution is -2.36. The second-order valence-electron chi connectivity index (χ2n) is 5.70. The van der Waals surface area contributed by atoms with Gasteiger partial charge in [0.2, 0.25) is 17.8 Å². The third-order valence-electron chi connectivity index (χ3n) is 3.84. The predicted molar refractivity (Wildman–Crippen MR) is 89.7 cm³/mol. The molecule has 1 aliphatic rings. The fraction of sp³-hybridized carbons (Fsp3) is 0.375. The van der Waals surface area contributed by atoms with Crippen molar-refractivity contribution in [1.82, 2.24) is 14.8 Å². The summed E-state index contributed by atoms with van der Waals surface area (Å²) >= 11 is 0. The van der Waals surface area contributed by atoms with E-state index in [2.05, 4.69) is 20.7 Å². The Labute approximate surface area is 144 Å². The van der Waals surface area contributed by atoms with E-state index < -0.39 is 5.92 Å². The normalized spacial score (nSPS) is 16.0. The number of nitrogens with zero attached hydrogens (tertiary/aromatic N) is 3. The average Bonchev–Trinajstić information content (AvgIpc) is 2.93.